The Morgan fingerprint density at radius 1 is 0.826 bits per heavy atom. The van der Waals surface area contributed by atoms with Gasteiger partial charge in [-0.2, -0.15) is 0 Å². The first-order valence-electron chi connectivity index (χ1n) is 6.92. The molecule has 0 unspecified atom stereocenters. The molecule has 0 amide bonds. The highest BCUT2D eigenvalue weighted by molar-refractivity contribution is 5.95. The molecule has 0 spiro atoms. The molecule has 0 N–H and O–H groups in total. The summed E-state index contributed by atoms with van der Waals surface area (Å²) in [5.41, 5.74) is 0.467. The van der Waals surface area contributed by atoms with Crippen molar-refractivity contribution in [3.8, 4) is 40.2 Å². The minimum Gasteiger partial charge on any atom is -0.493 e. The molecule has 120 valence electrons. The lowest BCUT2D eigenvalue weighted by Gasteiger charge is -2.25. The van der Waals surface area contributed by atoms with E-state index in [1.165, 1.54) is 28.3 Å². The summed E-state index contributed by atoms with van der Waals surface area (Å²) < 4.78 is 27.8. The highest BCUT2D eigenvalue weighted by Gasteiger charge is 2.29. The van der Waals surface area contributed by atoms with E-state index in [0.717, 1.165) is 0 Å². The fourth-order valence-electron chi connectivity index (χ4n) is 2.36. The van der Waals surface area contributed by atoms with E-state index in [0.29, 0.717) is 45.8 Å². The molecular weight excluding hydrogens is 300 g/mol. The highest BCUT2D eigenvalue weighted by atomic mass is 16.6. The van der Waals surface area contributed by atoms with E-state index in [2.05, 4.69) is 0 Å². The zero-order chi connectivity index (χ0) is 16.6. The molecule has 0 atom stereocenters. The Balaban J connectivity index is 2.18. The van der Waals surface area contributed by atoms with Crippen LogP contribution in [0.15, 0.2) is 24.3 Å². The standard InChI is InChI=1S/C17H16O6/c1-9(18)10-7-13(21-4)15-14(8-10)22-16-11(19-2)5-6-12(20-3)17(16)23-15/h5-8H,1-4H3. The Kier molecular flexibility index (Phi) is 3.73. The maximum atomic E-state index is 11.7. The number of Topliss-reactive ketones (excluding diaryl/α,β-unsaturated/α-hetero) is 1. The summed E-state index contributed by atoms with van der Waals surface area (Å²) in [7, 11) is 4.58. The van der Waals surface area contributed by atoms with Crippen LogP contribution in [0.2, 0.25) is 0 Å². The van der Waals surface area contributed by atoms with Crippen molar-refractivity contribution in [2.45, 2.75) is 6.92 Å². The average Bonchev–Trinajstić information content (AvgIpc) is 2.57. The second-order valence-electron chi connectivity index (χ2n) is 4.89. The van der Waals surface area contributed by atoms with Crippen molar-refractivity contribution < 1.29 is 28.5 Å². The number of ketones is 1. The fourth-order valence-corrected chi connectivity index (χ4v) is 2.36. The van der Waals surface area contributed by atoms with Crippen molar-refractivity contribution in [3.63, 3.8) is 0 Å². The maximum Gasteiger partial charge on any atom is 0.215 e. The van der Waals surface area contributed by atoms with Crippen molar-refractivity contribution in [1.29, 1.82) is 0 Å². The van der Waals surface area contributed by atoms with Crippen LogP contribution >= 0.6 is 0 Å². The second kappa shape index (κ2) is 5.72. The van der Waals surface area contributed by atoms with Gasteiger partial charge in [0, 0.05) is 5.56 Å². The molecule has 1 heterocycles. The van der Waals surface area contributed by atoms with Crippen LogP contribution in [0.5, 0.6) is 40.2 Å². The lowest BCUT2D eigenvalue weighted by Crippen LogP contribution is -2.06. The average molecular weight is 316 g/mol. The second-order valence-corrected chi connectivity index (χ2v) is 4.89. The Bertz CT molecular complexity index is 781. The predicted octanol–water partition coefficient (Wildman–Crippen LogP) is 3.81. The third-order valence-electron chi connectivity index (χ3n) is 3.54. The van der Waals surface area contributed by atoms with E-state index in [1.807, 2.05) is 0 Å². The molecule has 0 aromatic heterocycles. The van der Waals surface area contributed by atoms with Gasteiger partial charge in [0.25, 0.3) is 0 Å². The van der Waals surface area contributed by atoms with Crippen molar-refractivity contribution in [2.75, 3.05) is 21.3 Å². The zero-order valence-electron chi connectivity index (χ0n) is 13.3. The molecule has 0 fully saturated rings. The molecule has 0 bridgehead atoms. The Labute approximate surface area is 133 Å². The van der Waals surface area contributed by atoms with E-state index >= 15 is 0 Å². The summed E-state index contributed by atoms with van der Waals surface area (Å²) in [6.45, 7) is 1.47. The van der Waals surface area contributed by atoms with E-state index in [9.17, 15) is 4.79 Å². The number of carbonyl (C=O) groups excluding carboxylic acids is 1. The number of ether oxygens (including phenoxy) is 5. The number of rotatable bonds is 4. The lowest BCUT2D eigenvalue weighted by molar-refractivity contribution is 0.101. The van der Waals surface area contributed by atoms with E-state index < -0.39 is 0 Å². The van der Waals surface area contributed by atoms with Crippen molar-refractivity contribution in [2.24, 2.45) is 0 Å². The van der Waals surface area contributed by atoms with Gasteiger partial charge in [-0.1, -0.05) is 0 Å². The summed E-state index contributed by atoms with van der Waals surface area (Å²) in [4.78, 5) is 11.7. The van der Waals surface area contributed by atoms with Crippen LogP contribution in [0, 0.1) is 0 Å². The maximum absolute atomic E-state index is 11.7. The van der Waals surface area contributed by atoms with E-state index in [1.54, 1.807) is 24.3 Å². The smallest absolute Gasteiger partial charge is 0.215 e. The Morgan fingerprint density at radius 3 is 1.91 bits per heavy atom. The molecule has 2 aromatic rings. The van der Waals surface area contributed by atoms with Gasteiger partial charge >= 0.3 is 0 Å². The largest absolute Gasteiger partial charge is 0.493 e. The highest BCUT2D eigenvalue weighted by Crippen LogP contribution is 2.56. The van der Waals surface area contributed by atoms with Gasteiger partial charge in [0.15, 0.2) is 28.8 Å². The third kappa shape index (κ3) is 2.42. The number of carbonyl (C=O) groups is 1. The van der Waals surface area contributed by atoms with Gasteiger partial charge in [0.05, 0.1) is 21.3 Å². The summed E-state index contributed by atoms with van der Waals surface area (Å²) >= 11 is 0. The van der Waals surface area contributed by atoms with Crippen LogP contribution in [-0.2, 0) is 0 Å². The van der Waals surface area contributed by atoms with Crippen LogP contribution in [0.3, 0.4) is 0 Å². The van der Waals surface area contributed by atoms with Crippen LogP contribution in [0.1, 0.15) is 17.3 Å². The number of hydrogen-bond acceptors (Lipinski definition) is 6. The summed E-state index contributed by atoms with van der Waals surface area (Å²) in [6, 6.07) is 6.67. The van der Waals surface area contributed by atoms with Crippen LogP contribution in [0.25, 0.3) is 0 Å². The minimum atomic E-state index is -0.0990. The fraction of sp³-hybridized carbons (Fsp3) is 0.235. The van der Waals surface area contributed by atoms with Gasteiger partial charge in [-0.15, -0.1) is 0 Å². The van der Waals surface area contributed by atoms with Gasteiger partial charge in [-0.25, -0.2) is 0 Å². The molecule has 3 rings (SSSR count). The van der Waals surface area contributed by atoms with Gasteiger partial charge in [-0.05, 0) is 31.2 Å². The number of hydrogen-bond donors (Lipinski definition) is 0. The third-order valence-corrected chi connectivity index (χ3v) is 3.54. The van der Waals surface area contributed by atoms with Gasteiger partial charge < -0.3 is 23.7 Å². The van der Waals surface area contributed by atoms with Gasteiger partial charge in [0.2, 0.25) is 17.2 Å². The number of benzene rings is 2. The predicted molar refractivity (Wildman–Crippen MR) is 82.7 cm³/mol. The Hall–Kier alpha value is -2.89. The first-order valence-corrected chi connectivity index (χ1v) is 6.92. The first-order chi connectivity index (χ1) is 11.1. The summed E-state index contributed by atoms with van der Waals surface area (Å²) in [5, 5.41) is 0. The zero-order valence-corrected chi connectivity index (χ0v) is 13.3. The normalized spacial score (nSPS) is 11.5. The molecule has 1 aliphatic rings. The number of methoxy groups -OCH3 is 3. The molecule has 2 aromatic carbocycles. The van der Waals surface area contributed by atoms with Crippen molar-refractivity contribution in [1.82, 2.24) is 0 Å². The van der Waals surface area contributed by atoms with Crippen LogP contribution < -0.4 is 23.7 Å². The lowest BCUT2D eigenvalue weighted by atomic mass is 10.1. The molecule has 0 saturated carbocycles. The van der Waals surface area contributed by atoms with E-state index in [-0.39, 0.29) is 5.78 Å². The SMILES string of the molecule is COc1cc(C(C)=O)cc2c1Oc1c(OC)ccc(OC)c1O2. The first kappa shape index (κ1) is 15.0. The van der Waals surface area contributed by atoms with E-state index in [4.69, 9.17) is 23.7 Å². The Morgan fingerprint density at radius 2 is 1.39 bits per heavy atom. The number of fused-ring (bicyclic) bond motifs is 2. The summed E-state index contributed by atoms with van der Waals surface area (Å²) in [6.07, 6.45) is 0. The molecule has 6 nitrogen and oxygen atoms in total. The molecule has 0 aliphatic carbocycles. The van der Waals surface area contributed by atoms with Crippen molar-refractivity contribution >= 4 is 5.78 Å². The monoisotopic (exact) mass is 316 g/mol. The molecular formula is C17H16O6. The minimum absolute atomic E-state index is 0.0990. The van der Waals surface area contributed by atoms with Gasteiger partial charge in [-0.3, -0.25) is 4.79 Å². The topological polar surface area (TPSA) is 63.2 Å². The van der Waals surface area contributed by atoms with Crippen LogP contribution in [-0.4, -0.2) is 27.1 Å². The molecule has 23 heavy (non-hydrogen) atoms. The molecule has 0 saturated heterocycles. The van der Waals surface area contributed by atoms with Crippen molar-refractivity contribution in [3.05, 3.63) is 29.8 Å². The summed E-state index contributed by atoms with van der Waals surface area (Å²) in [5.74, 6) is 2.87. The molecule has 0 radical (unpaired) electrons. The van der Waals surface area contributed by atoms with Crippen LogP contribution in [0.4, 0.5) is 0 Å². The van der Waals surface area contributed by atoms with Gasteiger partial charge in [0.1, 0.15) is 0 Å². The quantitative estimate of drug-likeness (QED) is 0.682. The molecule has 1 aliphatic heterocycles. The molecule has 6 heteroatoms.